The van der Waals surface area contributed by atoms with Gasteiger partial charge in [0, 0.05) is 0 Å². The highest BCUT2D eigenvalue weighted by molar-refractivity contribution is 5.94. The third-order valence-electron chi connectivity index (χ3n) is 3.41. The summed E-state index contributed by atoms with van der Waals surface area (Å²) in [6, 6.07) is 0. The van der Waals surface area contributed by atoms with Crippen LogP contribution in [0, 0.1) is 6.92 Å². The van der Waals surface area contributed by atoms with Gasteiger partial charge in [-0.25, -0.2) is 21.2 Å². The molecule has 0 saturated carbocycles. The number of rotatable bonds is 2. The number of amides is 1. The van der Waals surface area contributed by atoms with Gasteiger partial charge >= 0.3 is 0 Å². The highest BCUT2D eigenvalue weighted by Crippen LogP contribution is 2.45. The van der Waals surface area contributed by atoms with Crippen LogP contribution >= 0.6 is 0 Å². The van der Waals surface area contributed by atoms with E-state index in [1.807, 2.05) is 13.8 Å². The number of azo groups is 1. The summed E-state index contributed by atoms with van der Waals surface area (Å²) in [7, 11) is 0. The molecular weight excluding hydrogens is 274 g/mol. The van der Waals surface area contributed by atoms with Crippen LogP contribution in [0.2, 0.25) is 0 Å². The molecule has 0 atom stereocenters. The predicted octanol–water partition coefficient (Wildman–Crippen LogP) is 0.259. The molecule has 0 aliphatic carbocycles. The molecule has 1 amide bonds. The second-order valence-electron chi connectivity index (χ2n) is 5.23. The summed E-state index contributed by atoms with van der Waals surface area (Å²) in [5.74, 6) is 10.5. The Balaban J connectivity index is 2.44. The van der Waals surface area contributed by atoms with E-state index in [1.54, 1.807) is 6.92 Å². The van der Waals surface area contributed by atoms with Gasteiger partial charge < -0.3 is 5.43 Å². The van der Waals surface area contributed by atoms with Crippen LogP contribution in [0.4, 0.5) is 11.5 Å². The first-order valence-electron chi connectivity index (χ1n) is 6.25. The van der Waals surface area contributed by atoms with E-state index in [-0.39, 0.29) is 5.69 Å². The summed E-state index contributed by atoms with van der Waals surface area (Å²) in [5, 5.41) is 12.6. The maximum atomic E-state index is 11.9. The number of hydrazine groups is 2. The van der Waals surface area contributed by atoms with Crippen LogP contribution in [0.3, 0.4) is 0 Å². The minimum absolute atomic E-state index is 0.245. The van der Waals surface area contributed by atoms with E-state index in [0.29, 0.717) is 22.8 Å². The first-order valence-corrected chi connectivity index (χ1v) is 6.25. The summed E-state index contributed by atoms with van der Waals surface area (Å²) in [6.07, 6.45) is 0. The quantitative estimate of drug-likeness (QED) is 0.354. The van der Waals surface area contributed by atoms with Gasteiger partial charge in [0.05, 0.1) is 11.3 Å². The second kappa shape index (κ2) is 4.20. The van der Waals surface area contributed by atoms with Gasteiger partial charge in [-0.2, -0.15) is 10.2 Å². The van der Waals surface area contributed by atoms with Crippen molar-refractivity contribution in [3.8, 4) is 0 Å². The number of carbonyl (C=O) groups excluding carboxylic acids is 1. The minimum atomic E-state index is -0.584. The van der Waals surface area contributed by atoms with Crippen molar-refractivity contribution in [3.05, 3.63) is 17.0 Å². The van der Waals surface area contributed by atoms with Crippen molar-refractivity contribution in [1.82, 2.24) is 20.0 Å². The highest BCUT2D eigenvalue weighted by atomic mass is 16.2. The van der Waals surface area contributed by atoms with Gasteiger partial charge in [-0.3, -0.25) is 10.2 Å². The van der Waals surface area contributed by atoms with Crippen molar-refractivity contribution in [2.24, 2.45) is 21.9 Å². The van der Waals surface area contributed by atoms with Crippen molar-refractivity contribution >= 4 is 23.1 Å². The summed E-state index contributed by atoms with van der Waals surface area (Å²) in [6.45, 7) is 5.50. The Morgan fingerprint density at radius 1 is 1.33 bits per heavy atom. The van der Waals surface area contributed by atoms with E-state index >= 15 is 0 Å². The van der Waals surface area contributed by atoms with E-state index in [1.165, 1.54) is 4.52 Å². The lowest BCUT2D eigenvalue weighted by atomic mass is 9.96. The van der Waals surface area contributed by atoms with Crippen LogP contribution in [0.15, 0.2) is 10.2 Å². The average molecular weight is 289 g/mol. The Labute approximate surface area is 119 Å². The Morgan fingerprint density at radius 2 is 2.05 bits per heavy atom. The molecule has 0 radical (unpaired) electrons. The van der Waals surface area contributed by atoms with Gasteiger partial charge in [-0.1, -0.05) is 0 Å². The predicted molar refractivity (Wildman–Crippen MR) is 74.7 cm³/mol. The molecule has 0 saturated heterocycles. The van der Waals surface area contributed by atoms with Gasteiger partial charge in [-0.05, 0) is 20.8 Å². The SMILES string of the molecule is Cc1nc2c3c(c(NN)nn2c1C(=O)NN)N=NC3(C)C. The Morgan fingerprint density at radius 3 is 2.67 bits per heavy atom. The maximum absolute atomic E-state index is 11.9. The topological polar surface area (TPSA) is 148 Å². The number of nitrogen functional groups attached to an aromatic ring is 2. The van der Waals surface area contributed by atoms with Crippen molar-refractivity contribution in [2.45, 2.75) is 26.3 Å². The molecule has 0 spiro atoms. The number of nitrogens with zero attached hydrogens (tertiary/aromatic N) is 5. The number of fused-ring (bicyclic) bond motifs is 3. The molecule has 110 valence electrons. The van der Waals surface area contributed by atoms with Crippen LogP contribution in [0.5, 0.6) is 0 Å². The third kappa shape index (κ3) is 1.69. The molecule has 10 heteroatoms. The normalized spacial score (nSPS) is 15.3. The van der Waals surface area contributed by atoms with Crippen molar-refractivity contribution < 1.29 is 4.79 Å². The van der Waals surface area contributed by atoms with E-state index in [4.69, 9.17) is 11.7 Å². The summed E-state index contributed by atoms with van der Waals surface area (Å²) < 4.78 is 1.41. The fraction of sp³-hybridized carbons (Fsp3) is 0.364. The van der Waals surface area contributed by atoms with Gasteiger partial charge in [0.15, 0.2) is 17.2 Å². The molecule has 3 heterocycles. The summed E-state index contributed by atoms with van der Waals surface area (Å²) in [5.41, 5.74) is 6.52. The Kier molecular flexibility index (Phi) is 2.68. The zero-order chi connectivity index (χ0) is 15.4. The molecule has 6 N–H and O–H groups in total. The van der Waals surface area contributed by atoms with Gasteiger partial charge in [-0.15, -0.1) is 5.10 Å². The molecule has 10 nitrogen and oxygen atoms in total. The third-order valence-corrected chi connectivity index (χ3v) is 3.41. The Hall–Kier alpha value is -2.59. The largest absolute Gasteiger partial charge is 0.305 e. The van der Waals surface area contributed by atoms with Crippen LogP contribution in [0.1, 0.15) is 35.6 Å². The number of nitrogens with two attached hydrogens (primary N) is 2. The van der Waals surface area contributed by atoms with Gasteiger partial charge in [0.1, 0.15) is 11.2 Å². The monoisotopic (exact) mass is 289 g/mol. The first kappa shape index (κ1) is 13.4. The lowest BCUT2D eigenvalue weighted by Crippen LogP contribution is -2.32. The number of nitrogens with one attached hydrogen (secondary N) is 2. The average Bonchev–Trinajstić information content (AvgIpc) is 2.93. The van der Waals surface area contributed by atoms with Crippen LogP contribution < -0.4 is 22.5 Å². The summed E-state index contributed by atoms with van der Waals surface area (Å²) >= 11 is 0. The number of hydrogen-bond acceptors (Lipinski definition) is 8. The van der Waals surface area contributed by atoms with Crippen molar-refractivity contribution in [2.75, 3.05) is 5.43 Å². The molecule has 0 fully saturated rings. The van der Waals surface area contributed by atoms with E-state index in [9.17, 15) is 4.79 Å². The van der Waals surface area contributed by atoms with E-state index in [2.05, 4.69) is 31.2 Å². The molecule has 1 aliphatic rings. The van der Waals surface area contributed by atoms with Crippen molar-refractivity contribution in [3.63, 3.8) is 0 Å². The van der Waals surface area contributed by atoms with Crippen LogP contribution in [-0.4, -0.2) is 20.5 Å². The zero-order valence-electron chi connectivity index (χ0n) is 11.8. The first-order chi connectivity index (χ1) is 9.90. The van der Waals surface area contributed by atoms with E-state index < -0.39 is 11.4 Å². The molecule has 0 bridgehead atoms. The second-order valence-corrected chi connectivity index (χ2v) is 5.23. The summed E-state index contributed by atoms with van der Waals surface area (Å²) in [4.78, 5) is 16.4. The fourth-order valence-electron chi connectivity index (χ4n) is 2.46. The zero-order valence-corrected chi connectivity index (χ0v) is 11.8. The number of aromatic nitrogens is 3. The Bertz CT molecular complexity index is 789. The lowest BCUT2D eigenvalue weighted by molar-refractivity contribution is 0.0946. The highest BCUT2D eigenvalue weighted by Gasteiger charge is 2.36. The number of aryl methyl sites for hydroxylation is 1. The van der Waals surface area contributed by atoms with Gasteiger partial charge in [0.25, 0.3) is 5.91 Å². The standard InChI is InChI=1S/C11H15N9O/c1-4-7(10(21)16-13)20-9(14-4)5-6(8(15-12)18-20)17-19-11(5,2)3/h12-13H2,1-3H3,(H,15,18)(H,16,21). The molecule has 0 aromatic carbocycles. The molecule has 2 aromatic heterocycles. The van der Waals surface area contributed by atoms with Crippen LogP contribution in [-0.2, 0) is 5.54 Å². The number of hydrogen-bond donors (Lipinski definition) is 4. The number of anilines is 1. The van der Waals surface area contributed by atoms with Crippen molar-refractivity contribution in [1.29, 1.82) is 0 Å². The molecule has 21 heavy (non-hydrogen) atoms. The lowest BCUT2D eigenvalue weighted by Gasteiger charge is -2.15. The molecule has 2 aromatic rings. The number of imidazole rings is 1. The smallest absolute Gasteiger partial charge is 0.285 e. The molecular formula is C11H15N9O. The number of carbonyl (C=O) groups is 1. The minimum Gasteiger partial charge on any atom is -0.305 e. The fourth-order valence-corrected chi connectivity index (χ4v) is 2.46. The van der Waals surface area contributed by atoms with E-state index in [0.717, 1.165) is 5.56 Å². The molecule has 0 unspecified atom stereocenters. The molecule has 1 aliphatic heterocycles. The van der Waals surface area contributed by atoms with Gasteiger partial charge in [0.2, 0.25) is 0 Å². The van der Waals surface area contributed by atoms with Crippen LogP contribution in [0.25, 0.3) is 5.65 Å². The molecule has 3 rings (SSSR count). The maximum Gasteiger partial charge on any atom is 0.285 e.